The Balaban J connectivity index is 1.96. The van der Waals surface area contributed by atoms with Crippen molar-refractivity contribution in [2.24, 2.45) is 17.6 Å². The lowest BCUT2D eigenvalue weighted by molar-refractivity contribution is 0.0200. The summed E-state index contributed by atoms with van der Waals surface area (Å²) in [5.74, 6) is 1.33. The van der Waals surface area contributed by atoms with E-state index < -0.39 is 5.60 Å². The lowest BCUT2D eigenvalue weighted by atomic mass is 10.2. The van der Waals surface area contributed by atoms with E-state index in [2.05, 4.69) is 0 Å². The lowest BCUT2D eigenvalue weighted by Gasteiger charge is -2.29. The number of ether oxygens (including phenoxy) is 1. The normalized spacial score (nSPS) is 33.9. The zero-order valence-electron chi connectivity index (χ0n) is 9.69. The molecule has 2 rings (SSSR count). The van der Waals surface area contributed by atoms with Crippen molar-refractivity contribution in [1.29, 1.82) is 0 Å². The monoisotopic (exact) mass is 212 g/mol. The maximum absolute atomic E-state index is 11.8. The van der Waals surface area contributed by atoms with Crippen LogP contribution < -0.4 is 5.73 Å². The Morgan fingerprint density at radius 2 is 2.20 bits per heavy atom. The Morgan fingerprint density at radius 1 is 1.53 bits per heavy atom. The SMILES string of the molecule is CC(C)(C)OC(=O)N1C[C@H]2C[C@H]2[C@@H]1CN. The summed E-state index contributed by atoms with van der Waals surface area (Å²) in [7, 11) is 0. The Morgan fingerprint density at radius 3 is 2.73 bits per heavy atom. The van der Waals surface area contributed by atoms with E-state index in [-0.39, 0.29) is 12.1 Å². The molecule has 86 valence electrons. The average molecular weight is 212 g/mol. The van der Waals surface area contributed by atoms with Crippen molar-refractivity contribution < 1.29 is 9.53 Å². The fourth-order valence-electron chi connectivity index (χ4n) is 2.40. The van der Waals surface area contributed by atoms with Gasteiger partial charge in [-0.1, -0.05) is 0 Å². The number of amides is 1. The Hall–Kier alpha value is -0.770. The highest BCUT2D eigenvalue weighted by Gasteiger charge is 2.54. The van der Waals surface area contributed by atoms with E-state index >= 15 is 0 Å². The molecule has 2 fully saturated rings. The molecule has 0 aromatic heterocycles. The summed E-state index contributed by atoms with van der Waals surface area (Å²) < 4.78 is 5.35. The van der Waals surface area contributed by atoms with Crippen LogP contribution >= 0.6 is 0 Å². The third-order valence-electron chi connectivity index (χ3n) is 3.17. The molecule has 0 radical (unpaired) electrons. The summed E-state index contributed by atoms with van der Waals surface area (Å²) in [4.78, 5) is 13.7. The van der Waals surface area contributed by atoms with Crippen LogP contribution in [-0.2, 0) is 4.74 Å². The fourth-order valence-corrected chi connectivity index (χ4v) is 2.40. The molecular weight excluding hydrogens is 192 g/mol. The van der Waals surface area contributed by atoms with Crippen molar-refractivity contribution in [3.05, 3.63) is 0 Å². The molecule has 4 nitrogen and oxygen atoms in total. The number of piperidine rings is 1. The van der Waals surface area contributed by atoms with Crippen molar-refractivity contribution in [2.75, 3.05) is 13.1 Å². The van der Waals surface area contributed by atoms with Crippen LogP contribution in [0.4, 0.5) is 4.79 Å². The van der Waals surface area contributed by atoms with Crippen LogP contribution in [0.2, 0.25) is 0 Å². The van der Waals surface area contributed by atoms with Crippen LogP contribution in [0.15, 0.2) is 0 Å². The van der Waals surface area contributed by atoms with E-state index in [0.717, 1.165) is 6.54 Å². The summed E-state index contributed by atoms with van der Waals surface area (Å²) >= 11 is 0. The van der Waals surface area contributed by atoms with Gasteiger partial charge in [-0.2, -0.15) is 0 Å². The molecule has 1 heterocycles. The molecule has 0 aromatic rings. The van der Waals surface area contributed by atoms with E-state index in [0.29, 0.717) is 18.4 Å². The van der Waals surface area contributed by atoms with E-state index in [1.54, 1.807) is 0 Å². The molecule has 2 N–H and O–H groups in total. The second-order valence-electron chi connectivity index (χ2n) is 5.60. The molecule has 15 heavy (non-hydrogen) atoms. The van der Waals surface area contributed by atoms with Gasteiger partial charge in [0.15, 0.2) is 0 Å². The number of rotatable bonds is 1. The first-order valence-corrected chi connectivity index (χ1v) is 5.62. The number of nitrogens with zero attached hydrogens (tertiary/aromatic N) is 1. The van der Waals surface area contributed by atoms with Gasteiger partial charge in [-0.15, -0.1) is 0 Å². The molecule has 2 aliphatic rings. The maximum Gasteiger partial charge on any atom is 0.410 e. The molecule has 0 aromatic carbocycles. The second-order valence-corrected chi connectivity index (χ2v) is 5.60. The average Bonchev–Trinajstić information content (AvgIpc) is 2.75. The van der Waals surface area contributed by atoms with Gasteiger partial charge in [0.1, 0.15) is 5.60 Å². The predicted octanol–water partition coefficient (Wildman–Crippen LogP) is 1.20. The highest BCUT2D eigenvalue weighted by atomic mass is 16.6. The summed E-state index contributed by atoms with van der Waals surface area (Å²) in [6.07, 6.45) is 1.03. The van der Waals surface area contributed by atoms with Crippen LogP contribution in [0.5, 0.6) is 0 Å². The van der Waals surface area contributed by atoms with Crippen molar-refractivity contribution in [1.82, 2.24) is 4.90 Å². The number of fused-ring (bicyclic) bond motifs is 1. The molecule has 1 aliphatic heterocycles. The molecule has 0 unspecified atom stereocenters. The van der Waals surface area contributed by atoms with Crippen molar-refractivity contribution >= 4 is 6.09 Å². The second kappa shape index (κ2) is 3.37. The maximum atomic E-state index is 11.8. The zero-order valence-corrected chi connectivity index (χ0v) is 9.69. The topological polar surface area (TPSA) is 55.6 Å². The Labute approximate surface area is 90.8 Å². The number of hydrogen-bond donors (Lipinski definition) is 1. The molecule has 1 amide bonds. The van der Waals surface area contributed by atoms with E-state index in [4.69, 9.17) is 10.5 Å². The largest absolute Gasteiger partial charge is 0.444 e. The lowest BCUT2D eigenvalue weighted by Crippen LogP contribution is -2.45. The van der Waals surface area contributed by atoms with Gasteiger partial charge in [0.2, 0.25) is 0 Å². The molecule has 3 atom stereocenters. The standard InChI is InChI=1S/C11H20N2O2/c1-11(2,3)15-10(14)13-6-7-4-8(7)9(13)5-12/h7-9H,4-6,12H2,1-3H3/t7-,8-,9+/m1/s1. The Kier molecular flexibility index (Phi) is 2.41. The number of carbonyl (C=O) groups is 1. The number of likely N-dealkylation sites (tertiary alicyclic amines) is 1. The van der Waals surface area contributed by atoms with Crippen molar-refractivity contribution in [2.45, 2.75) is 38.8 Å². The third kappa shape index (κ3) is 2.09. The quantitative estimate of drug-likeness (QED) is 0.710. The van der Waals surface area contributed by atoms with E-state index in [9.17, 15) is 4.79 Å². The smallest absolute Gasteiger partial charge is 0.410 e. The van der Waals surface area contributed by atoms with Crippen LogP contribution in [0.1, 0.15) is 27.2 Å². The molecule has 1 aliphatic carbocycles. The van der Waals surface area contributed by atoms with Crippen LogP contribution in [0.25, 0.3) is 0 Å². The van der Waals surface area contributed by atoms with Gasteiger partial charge in [-0.3, -0.25) is 0 Å². The van der Waals surface area contributed by atoms with Gasteiger partial charge in [-0.25, -0.2) is 4.79 Å². The first kappa shape index (κ1) is 10.7. The van der Waals surface area contributed by atoms with Gasteiger partial charge < -0.3 is 15.4 Å². The van der Waals surface area contributed by atoms with Crippen LogP contribution in [0.3, 0.4) is 0 Å². The van der Waals surface area contributed by atoms with Gasteiger partial charge in [-0.05, 0) is 39.0 Å². The summed E-state index contributed by atoms with van der Waals surface area (Å²) in [5.41, 5.74) is 5.28. The molecule has 1 saturated heterocycles. The van der Waals surface area contributed by atoms with Gasteiger partial charge in [0, 0.05) is 13.1 Å². The molecule has 0 bridgehead atoms. The van der Waals surface area contributed by atoms with Crippen LogP contribution in [0, 0.1) is 11.8 Å². The van der Waals surface area contributed by atoms with Gasteiger partial charge in [0.25, 0.3) is 0 Å². The van der Waals surface area contributed by atoms with Gasteiger partial charge in [0.05, 0.1) is 6.04 Å². The number of carbonyl (C=O) groups excluding carboxylic acids is 1. The zero-order chi connectivity index (χ0) is 11.2. The number of nitrogens with two attached hydrogens (primary N) is 1. The van der Waals surface area contributed by atoms with E-state index in [1.807, 2.05) is 25.7 Å². The van der Waals surface area contributed by atoms with Crippen molar-refractivity contribution in [3.8, 4) is 0 Å². The molecule has 1 saturated carbocycles. The first-order chi connectivity index (χ1) is 6.92. The highest BCUT2D eigenvalue weighted by Crippen LogP contribution is 2.49. The molecule has 0 spiro atoms. The molecular formula is C11H20N2O2. The minimum Gasteiger partial charge on any atom is -0.444 e. The fraction of sp³-hybridized carbons (Fsp3) is 0.909. The first-order valence-electron chi connectivity index (χ1n) is 5.62. The summed E-state index contributed by atoms with van der Waals surface area (Å²) in [6.45, 7) is 7.05. The Bertz CT molecular complexity index is 272. The summed E-state index contributed by atoms with van der Waals surface area (Å²) in [5, 5.41) is 0. The highest BCUT2D eigenvalue weighted by molar-refractivity contribution is 5.69. The van der Waals surface area contributed by atoms with Crippen molar-refractivity contribution in [3.63, 3.8) is 0 Å². The van der Waals surface area contributed by atoms with E-state index in [1.165, 1.54) is 6.42 Å². The predicted molar refractivity (Wildman–Crippen MR) is 57.4 cm³/mol. The molecule has 4 heteroatoms. The third-order valence-corrected chi connectivity index (χ3v) is 3.17. The minimum atomic E-state index is -0.414. The minimum absolute atomic E-state index is 0.204. The number of hydrogen-bond acceptors (Lipinski definition) is 3. The van der Waals surface area contributed by atoms with Crippen LogP contribution in [-0.4, -0.2) is 35.7 Å². The summed E-state index contributed by atoms with van der Waals surface area (Å²) in [6, 6.07) is 0.213. The van der Waals surface area contributed by atoms with Gasteiger partial charge >= 0.3 is 6.09 Å².